The van der Waals surface area contributed by atoms with Crippen molar-refractivity contribution in [3.05, 3.63) is 30.5 Å². The highest BCUT2D eigenvalue weighted by Crippen LogP contribution is 2.23. The average Bonchev–Trinajstić information content (AvgIpc) is 2.95. The minimum absolute atomic E-state index is 0.0653. The number of morpholine rings is 1. The van der Waals surface area contributed by atoms with E-state index in [9.17, 15) is 4.79 Å². The zero-order valence-corrected chi connectivity index (χ0v) is 16.5. The molecule has 0 saturated carbocycles. The van der Waals surface area contributed by atoms with Crippen LogP contribution in [0.1, 0.15) is 34.6 Å². The van der Waals surface area contributed by atoms with Gasteiger partial charge in [-0.05, 0) is 51.0 Å². The van der Waals surface area contributed by atoms with E-state index in [1.54, 1.807) is 0 Å². The Morgan fingerprint density at radius 2 is 1.92 bits per heavy atom. The minimum Gasteiger partial charge on any atom is -0.373 e. The summed E-state index contributed by atoms with van der Waals surface area (Å²) < 4.78 is 8.03. The fourth-order valence-electron chi connectivity index (χ4n) is 4.10. The number of anilines is 1. The molecule has 2 heterocycles. The maximum absolute atomic E-state index is 13.1. The summed E-state index contributed by atoms with van der Waals surface area (Å²) in [7, 11) is 0. The largest absolute Gasteiger partial charge is 0.373 e. The van der Waals surface area contributed by atoms with E-state index in [4.69, 9.17) is 4.74 Å². The molecule has 1 N–H and O–H groups in total. The Morgan fingerprint density at radius 1 is 1.23 bits per heavy atom. The zero-order chi connectivity index (χ0) is 18.8. The predicted octanol–water partition coefficient (Wildman–Crippen LogP) is 3.73. The molecule has 0 bridgehead atoms. The van der Waals surface area contributed by atoms with E-state index in [0.717, 1.165) is 30.7 Å². The van der Waals surface area contributed by atoms with Gasteiger partial charge in [-0.15, -0.1) is 0 Å². The van der Waals surface area contributed by atoms with E-state index in [0.29, 0.717) is 0 Å². The summed E-state index contributed by atoms with van der Waals surface area (Å²) in [5.74, 6) is 0.299. The molecule has 1 aliphatic heterocycles. The molecule has 0 radical (unpaired) electrons. The fourth-order valence-corrected chi connectivity index (χ4v) is 4.10. The molecule has 0 aliphatic carbocycles. The van der Waals surface area contributed by atoms with Gasteiger partial charge in [-0.2, -0.15) is 0 Å². The number of amides is 1. The number of hydrogen-bond donors (Lipinski definition) is 1. The summed E-state index contributed by atoms with van der Waals surface area (Å²) in [5.41, 5.74) is 2.05. The van der Waals surface area contributed by atoms with E-state index in [1.165, 1.54) is 5.52 Å². The van der Waals surface area contributed by atoms with Crippen LogP contribution in [0.5, 0.6) is 0 Å². The number of nitrogens with zero attached hydrogens (tertiary/aromatic N) is 2. The second-order valence-corrected chi connectivity index (χ2v) is 7.76. The van der Waals surface area contributed by atoms with E-state index in [-0.39, 0.29) is 30.1 Å². The molecule has 3 atom stereocenters. The molecule has 1 saturated heterocycles. The summed E-state index contributed by atoms with van der Waals surface area (Å²) >= 11 is 0. The number of carbonyl (C=O) groups excluding carboxylic acids is 1. The summed E-state index contributed by atoms with van der Waals surface area (Å²) in [5, 5.41) is 4.29. The summed E-state index contributed by atoms with van der Waals surface area (Å²) in [6, 6.07) is 8.08. The van der Waals surface area contributed by atoms with Crippen LogP contribution in [0.25, 0.3) is 10.9 Å². The summed E-state index contributed by atoms with van der Waals surface area (Å²) in [6.07, 6.45) is 2.39. The number of benzene rings is 1. The average molecular weight is 357 g/mol. The molecule has 2 aromatic rings. The third-order valence-electron chi connectivity index (χ3n) is 5.12. The van der Waals surface area contributed by atoms with Gasteiger partial charge in [-0.25, -0.2) is 0 Å². The third kappa shape index (κ3) is 3.94. The molecule has 3 rings (SSSR count). The zero-order valence-electron chi connectivity index (χ0n) is 16.5. The summed E-state index contributed by atoms with van der Waals surface area (Å²) in [4.78, 5) is 15.3. The van der Waals surface area contributed by atoms with Crippen LogP contribution in [-0.2, 0) is 16.1 Å². The number of hydrogen-bond acceptors (Lipinski definition) is 3. The number of rotatable bonds is 5. The molecule has 1 aliphatic rings. The quantitative estimate of drug-likeness (QED) is 0.887. The lowest BCUT2D eigenvalue weighted by Gasteiger charge is -2.41. The van der Waals surface area contributed by atoms with Crippen molar-refractivity contribution in [2.75, 3.05) is 18.4 Å². The lowest BCUT2D eigenvalue weighted by molar-refractivity contribution is -0.130. The van der Waals surface area contributed by atoms with Crippen molar-refractivity contribution in [1.82, 2.24) is 9.47 Å². The van der Waals surface area contributed by atoms with Gasteiger partial charge >= 0.3 is 0 Å². The standard InChI is InChI=1S/C21H31N3O2/c1-6-23-10-9-17-11-18(7-8-19(17)23)22-21(25)20(14(2)3)24-12-15(4)26-16(5)13-24/h7-11,14-16,20H,6,12-13H2,1-5H3,(H,22,25). The minimum atomic E-state index is -0.153. The van der Waals surface area contributed by atoms with Crippen LogP contribution in [0.15, 0.2) is 30.5 Å². The topological polar surface area (TPSA) is 46.5 Å². The van der Waals surface area contributed by atoms with Crippen LogP contribution in [0.4, 0.5) is 5.69 Å². The number of nitrogens with one attached hydrogen (secondary N) is 1. The van der Waals surface area contributed by atoms with Crippen molar-refractivity contribution in [3.63, 3.8) is 0 Å². The molecule has 142 valence electrons. The van der Waals surface area contributed by atoms with Gasteiger partial charge < -0.3 is 14.6 Å². The Morgan fingerprint density at radius 3 is 2.54 bits per heavy atom. The van der Waals surface area contributed by atoms with E-state index < -0.39 is 0 Å². The Bertz CT molecular complexity index is 758. The highest BCUT2D eigenvalue weighted by Gasteiger charge is 2.34. The normalized spacial score (nSPS) is 22.7. The lowest BCUT2D eigenvalue weighted by atomic mass is 9.99. The van der Waals surface area contributed by atoms with Gasteiger partial charge in [0, 0.05) is 42.4 Å². The maximum Gasteiger partial charge on any atom is 0.241 e. The number of carbonyl (C=O) groups is 1. The van der Waals surface area contributed by atoms with Crippen LogP contribution < -0.4 is 5.32 Å². The van der Waals surface area contributed by atoms with Crippen molar-refractivity contribution in [2.24, 2.45) is 5.92 Å². The Kier molecular flexibility index (Phi) is 5.68. The highest BCUT2D eigenvalue weighted by atomic mass is 16.5. The van der Waals surface area contributed by atoms with E-state index >= 15 is 0 Å². The van der Waals surface area contributed by atoms with Crippen molar-refractivity contribution in [1.29, 1.82) is 0 Å². The Hall–Kier alpha value is -1.85. The van der Waals surface area contributed by atoms with Crippen LogP contribution in [-0.4, -0.2) is 46.7 Å². The maximum atomic E-state index is 13.1. The molecule has 1 fully saturated rings. The van der Waals surface area contributed by atoms with Gasteiger partial charge in [0.05, 0.1) is 18.2 Å². The third-order valence-corrected chi connectivity index (χ3v) is 5.12. The molecule has 1 amide bonds. The van der Waals surface area contributed by atoms with Crippen molar-refractivity contribution < 1.29 is 9.53 Å². The van der Waals surface area contributed by atoms with Crippen molar-refractivity contribution >= 4 is 22.5 Å². The van der Waals surface area contributed by atoms with Crippen LogP contribution in [0.2, 0.25) is 0 Å². The van der Waals surface area contributed by atoms with Crippen molar-refractivity contribution in [3.8, 4) is 0 Å². The Labute approximate surface area is 156 Å². The molecule has 1 aromatic heterocycles. The lowest BCUT2D eigenvalue weighted by Crippen LogP contribution is -2.55. The van der Waals surface area contributed by atoms with Crippen LogP contribution >= 0.6 is 0 Å². The second-order valence-electron chi connectivity index (χ2n) is 7.76. The molecule has 3 unspecified atom stereocenters. The van der Waals surface area contributed by atoms with Gasteiger partial charge in [0.25, 0.3) is 0 Å². The van der Waals surface area contributed by atoms with Crippen LogP contribution in [0, 0.1) is 5.92 Å². The molecular weight excluding hydrogens is 326 g/mol. The number of aromatic nitrogens is 1. The number of aryl methyl sites for hydroxylation is 1. The molecular formula is C21H31N3O2. The molecule has 5 heteroatoms. The van der Waals surface area contributed by atoms with E-state index in [2.05, 4.69) is 73.8 Å². The van der Waals surface area contributed by atoms with Crippen molar-refractivity contribution in [2.45, 2.75) is 59.4 Å². The highest BCUT2D eigenvalue weighted by molar-refractivity contribution is 5.97. The van der Waals surface area contributed by atoms with Gasteiger partial charge in [0.2, 0.25) is 5.91 Å². The molecule has 0 spiro atoms. The van der Waals surface area contributed by atoms with Gasteiger partial charge in [-0.1, -0.05) is 13.8 Å². The SMILES string of the molecule is CCn1ccc2cc(NC(=O)C(C(C)C)N3CC(C)OC(C)C3)ccc21. The second kappa shape index (κ2) is 7.80. The first kappa shape index (κ1) is 18.9. The smallest absolute Gasteiger partial charge is 0.241 e. The predicted molar refractivity (Wildman–Crippen MR) is 106 cm³/mol. The van der Waals surface area contributed by atoms with Gasteiger partial charge in [0.15, 0.2) is 0 Å². The Balaban J connectivity index is 1.77. The molecule has 5 nitrogen and oxygen atoms in total. The van der Waals surface area contributed by atoms with E-state index in [1.807, 2.05) is 6.07 Å². The first-order valence-electron chi connectivity index (χ1n) is 9.68. The fraction of sp³-hybridized carbons (Fsp3) is 0.571. The number of ether oxygens (including phenoxy) is 1. The monoisotopic (exact) mass is 357 g/mol. The molecule has 1 aromatic carbocycles. The molecule has 26 heavy (non-hydrogen) atoms. The van der Waals surface area contributed by atoms with Gasteiger partial charge in [-0.3, -0.25) is 9.69 Å². The summed E-state index contributed by atoms with van der Waals surface area (Å²) in [6.45, 7) is 13.0. The first-order chi connectivity index (χ1) is 12.4. The first-order valence-corrected chi connectivity index (χ1v) is 9.68. The number of fused-ring (bicyclic) bond motifs is 1. The van der Waals surface area contributed by atoms with Gasteiger partial charge in [0.1, 0.15) is 0 Å². The van der Waals surface area contributed by atoms with Crippen LogP contribution in [0.3, 0.4) is 0 Å².